The number of carbonyl (C=O) groups excluding carboxylic acids is 2. The molecule has 0 saturated heterocycles. The molecule has 0 aliphatic heterocycles. The Balaban J connectivity index is 1.70. The maximum absolute atomic E-state index is 13.7. The lowest BCUT2D eigenvalue weighted by atomic mass is 10.0. The van der Waals surface area contributed by atoms with E-state index in [0.717, 1.165) is 17.7 Å². The second kappa shape index (κ2) is 11.1. The van der Waals surface area contributed by atoms with Crippen LogP contribution in [0.5, 0.6) is 0 Å². The number of halogens is 2. The molecular formula is C24H25F2N5O2. The first-order valence-corrected chi connectivity index (χ1v) is 10.3. The highest BCUT2D eigenvalue weighted by Crippen LogP contribution is 2.12. The van der Waals surface area contributed by atoms with Gasteiger partial charge in [0.25, 0.3) is 0 Å². The average Bonchev–Trinajstić information content (AvgIpc) is 2.81. The molecule has 0 spiro atoms. The second-order valence-electron chi connectivity index (χ2n) is 7.62. The van der Waals surface area contributed by atoms with Gasteiger partial charge in [-0.05, 0) is 41.3 Å². The maximum Gasteiger partial charge on any atom is 0.243 e. The average molecular weight is 453 g/mol. The predicted octanol–water partition coefficient (Wildman–Crippen LogP) is 1.86. The Kier molecular flexibility index (Phi) is 8.04. The molecule has 0 radical (unpaired) electrons. The standard InChI is InChI=1S/C24H25F2N5O2/c25-18-8-6-16(10-19(18)26)12-21(24(33)30-14-17-7-9-22(28)29-13-17)31-23(32)20(27)11-15-4-2-1-3-5-15/h1-10,13,20-21H,11-12,14,27H2,(H2,28,29)(H,30,33)(H,31,32)/t20?,21-/m0/s1. The Hall–Kier alpha value is -3.85. The zero-order valence-corrected chi connectivity index (χ0v) is 17.8. The van der Waals surface area contributed by atoms with Crippen LogP contribution < -0.4 is 22.1 Å². The SMILES string of the molecule is Nc1ccc(CNC(=O)[C@H](Cc2ccc(F)c(F)c2)NC(=O)C(N)Cc2ccccc2)cn1. The van der Waals surface area contributed by atoms with Crippen molar-refractivity contribution >= 4 is 17.6 Å². The van der Waals surface area contributed by atoms with Crippen molar-refractivity contribution < 1.29 is 18.4 Å². The molecule has 0 bridgehead atoms. The summed E-state index contributed by atoms with van der Waals surface area (Å²) in [6, 6.07) is 13.9. The summed E-state index contributed by atoms with van der Waals surface area (Å²) in [5.41, 5.74) is 13.5. The number of nitrogens with two attached hydrogens (primary N) is 2. The molecule has 1 aromatic heterocycles. The normalized spacial score (nSPS) is 12.6. The Bertz CT molecular complexity index is 1090. The second-order valence-corrected chi connectivity index (χ2v) is 7.62. The number of aromatic nitrogens is 1. The largest absolute Gasteiger partial charge is 0.384 e. The third kappa shape index (κ3) is 7.08. The predicted molar refractivity (Wildman–Crippen MR) is 121 cm³/mol. The number of hydrogen-bond donors (Lipinski definition) is 4. The number of anilines is 1. The first kappa shape index (κ1) is 23.8. The first-order chi connectivity index (χ1) is 15.8. The van der Waals surface area contributed by atoms with Gasteiger partial charge in [0.05, 0.1) is 6.04 Å². The van der Waals surface area contributed by atoms with Gasteiger partial charge in [-0.2, -0.15) is 0 Å². The Morgan fingerprint density at radius 1 is 0.879 bits per heavy atom. The zero-order chi connectivity index (χ0) is 23.8. The number of amides is 2. The van der Waals surface area contributed by atoms with Crippen LogP contribution in [-0.4, -0.2) is 28.9 Å². The minimum Gasteiger partial charge on any atom is -0.384 e. The minimum absolute atomic E-state index is 0.0488. The molecule has 2 atom stereocenters. The minimum atomic E-state index is -1.05. The smallest absolute Gasteiger partial charge is 0.243 e. The lowest BCUT2D eigenvalue weighted by Crippen LogP contribution is -2.53. The molecule has 172 valence electrons. The van der Waals surface area contributed by atoms with Crippen LogP contribution in [-0.2, 0) is 29.0 Å². The van der Waals surface area contributed by atoms with Crippen molar-refractivity contribution in [2.45, 2.75) is 31.5 Å². The van der Waals surface area contributed by atoms with Crippen LogP contribution in [0.4, 0.5) is 14.6 Å². The fraction of sp³-hybridized carbons (Fsp3) is 0.208. The van der Waals surface area contributed by atoms with Gasteiger partial charge >= 0.3 is 0 Å². The van der Waals surface area contributed by atoms with E-state index in [1.54, 1.807) is 12.1 Å². The molecule has 0 aliphatic carbocycles. The van der Waals surface area contributed by atoms with Gasteiger partial charge in [0.2, 0.25) is 11.8 Å². The zero-order valence-electron chi connectivity index (χ0n) is 17.8. The number of hydrogen-bond acceptors (Lipinski definition) is 5. The number of nitrogens with one attached hydrogen (secondary N) is 2. The number of rotatable bonds is 9. The van der Waals surface area contributed by atoms with E-state index in [-0.39, 0.29) is 19.4 Å². The van der Waals surface area contributed by atoms with Crippen molar-refractivity contribution in [3.05, 3.63) is 95.2 Å². The van der Waals surface area contributed by atoms with Gasteiger partial charge in [0.15, 0.2) is 11.6 Å². The quantitative estimate of drug-likeness (QED) is 0.394. The van der Waals surface area contributed by atoms with E-state index < -0.39 is 35.5 Å². The monoisotopic (exact) mass is 453 g/mol. The van der Waals surface area contributed by atoms with Gasteiger partial charge in [-0.25, -0.2) is 13.8 Å². The van der Waals surface area contributed by atoms with Crippen molar-refractivity contribution in [3.8, 4) is 0 Å². The molecule has 0 aliphatic rings. The summed E-state index contributed by atoms with van der Waals surface area (Å²) in [5, 5.41) is 5.35. The van der Waals surface area contributed by atoms with Crippen LogP contribution in [0.15, 0.2) is 66.9 Å². The Morgan fingerprint density at radius 3 is 2.27 bits per heavy atom. The Labute approximate surface area is 190 Å². The highest BCUT2D eigenvalue weighted by atomic mass is 19.2. The molecule has 2 amide bonds. The lowest BCUT2D eigenvalue weighted by Gasteiger charge is -2.21. The van der Waals surface area contributed by atoms with Gasteiger partial charge < -0.3 is 22.1 Å². The molecule has 1 unspecified atom stereocenters. The Morgan fingerprint density at radius 2 is 1.61 bits per heavy atom. The number of nitrogen functional groups attached to an aromatic ring is 1. The van der Waals surface area contributed by atoms with Crippen LogP contribution in [0.2, 0.25) is 0 Å². The van der Waals surface area contributed by atoms with E-state index in [9.17, 15) is 18.4 Å². The van der Waals surface area contributed by atoms with Crippen molar-refractivity contribution in [3.63, 3.8) is 0 Å². The van der Waals surface area contributed by atoms with Crippen LogP contribution in [0.1, 0.15) is 16.7 Å². The summed E-state index contributed by atoms with van der Waals surface area (Å²) in [6.07, 6.45) is 1.75. The van der Waals surface area contributed by atoms with Crippen LogP contribution in [0.25, 0.3) is 0 Å². The molecule has 9 heteroatoms. The summed E-state index contributed by atoms with van der Waals surface area (Å²) < 4.78 is 27.0. The van der Waals surface area contributed by atoms with E-state index >= 15 is 0 Å². The van der Waals surface area contributed by atoms with Gasteiger partial charge in [-0.3, -0.25) is 9.59 Å². The molecule has 3 aromatic rings. The molecule has 6 N–H and O–H groups in total. The van der Waals surface area contributed by atoms with Crippen LogP contribution in [0.3, 0.4) is 0 Å². The number of carbonyl (C=O) groups is 2. The summed E-state index contributed by atoms with van der Waals surface area (Å²) in [6.45, 7) is 0.145. The van der Waals surface area contributed by atoms with Gasteiger partial charge in [-0.1, -0.05) is 42.5 Å². The summed E-state index contributed by atoms with van der Waals surface area (Å²) in [4.78, 5) is 29.5. The van der Waals surface area contributed by atoms with Crippen molar-refractivity contribution in [1.82, 2.24) is 15.6 Å². The highest BCUT2D eigenvalue weighted by molar-refractivity contribution is 5.90. The molecule has 7 nitrogen and oxygen atoms in total. The first-order valence-electron chi connectivity index (χ1n) is 10.3. The molecule has 0 fully saturated rings. The van der Waals surface area contributed by atoms with Gasteiger partial charge in [0.1, 0.15) is 11.9 Å². The van der Waals surface area contributed by atoms with Crippen molar-refractivity contribution in [2.75, 3.05) is 5.73 Å². The molecular weight excluding hydrogens is 428 g/mol. The lowest BCUT2D eigenvalue weighted by molar-refractivity contribution is -0.129. The summed E-state index contributed by atoms with van der Waals surface area (Å²) >= 11 is 0. The third-order valence-corrected chi connectivity index (χ3v) is 5.01. The van der Waals surface area contributed by atoms with E-state index in [1.165, 1.54) is 12.3 Å². The summed E-state index contributed by atoms with van der Waals surface area (Å²) in [5.74, 6) is -2.72. The molecule has 33 heavy (non-hydrogen) atoms. The summed E-state index contributed by atoms with van der Waals surface area (Å²) in [7, 11) is 0. The molecule has 3 rings (SSSR count). The molecule has 1 heterocycles. The van der Waals surface area contributed by atoms with Crippen LogP contribution >= 0.6 is 0 Å². The fourth-order valence-electron chi connectivity index (χ4n) is 3.20. The van der Waals surface area contributed by atoms with Gasteiger partial charge in [-0.15, -0.1) is 0 Å². The topological polar surface area (TPSA) is 123 Å². The third-order valence-electron chi connectivity index (χ3n) is 5.01. The number of pyridine rings is 1. The van der Waals surface area contributed by atoms with Gasteiger partial charge in [0, 0.05) is 19.2 Å². The van der Waals surface area contributed by atoms with E-state index in [0.29, 0.717) is 16.9 Å². The highest BCUT2D eigenvalue weighted by Gasteiger charge is 2.24. The van der Waals surface area contributed by atoms with Crippen LogP contribution in [0, 0.1) is 11.6 Å². The van der Waals surface area contributed by atoms with Crippen molar-refractivity contribution in [2.24, 2.45) is 5.73 Å². The number of benzene rings is 2. The number of nitrogens with zero attached hydrogens (tertiary/aromatic N) is 1. The molecule has 0 saturated carbocycles. The van der Waals surface area contributed by atoms with E-state index in [1.807, 2.05) is 30.3 Å². The van der Waals surface area contributed by atoms with E-state index in [2.05, 4.69) is 15.6 Å². The van der Waals surface area contributed by atoms with Crippen molar-refractivity contribution in [1.29, 1.82) is 0 Å². The maximum atomic E-state index is 13.7. The fourth-order valence-corrected chi connectivity index (χ4v) is 3.20. The van der Waals surface area contributed by atoms with E-state index in [4.69, 9.17) is 11.5 Å². The molecule has 2 aromatic carbocycles.